The SMILES string of the molecule is CCOc1ccc2nc(NC(=O)CCC3CCCCC3)sc2c1. The minimum Gasteiger partial charge on any atom is -0.494 e. The first-order valence-corrected chi connectivity index (χ1v) is 9.39. The number of hydrogen-bond acceptors (Lipinski definition) is 4. The number of nitrogens with zero attached hydrogens (tertiary/aromatic N) is 1. The number of amides is 1. The smallest absolute Gasteiger partial charge is 0.226 e. The van der Waals surface area contributed by atoms with Gasteiger partial charge in [-0.3, -0.25) is 4.79 Å². The van der Waals surface area contributed by atoms with Crippen LogP contribution in [0.3, 0.4) is 0 Å². The van der Waals surface area contributed by atoms with Crippen molar-refractivity contribution in [2.75, 3.05) is 11.9 Å². The van der Waals surface area contributed by atoms with Gasteiger partial charge in [0.05, 0.1) is 16.8 Å². The summed E-state index contributed by atoms with van der Waals surface area (Å²) in [5, 5.41) is 3.63. The summed E-state index contributed by atoms with van der Waals surface area (Å²) in [6.07, 6.45) is 8.19. The Morgan fingerprint density at radius 1 is 1.35 bits per heavy atom. The Morgan fingerprint density at radius 2 is 2.17 bits per heavy atom. The number of aromatic nitrogens is 1. The van der Waals surface area contributed by atoms with E-state index >= 15 is 0 Å². The highest BCUT2D eigenvalue weighted by molar-refractivity contribution is 7.22. The maximum absolute atomic E-state index is 12.1. The van der Waals surface area contributed by atoms with E-state index < -0.39 is 0 Å². The maximum atomic E-state index is 12.1. The first-order valence-electron chi connectivity index (χ1n) is 8.58. The van der Waals surface area contributed by atoms with E-state index in [0.717, 1.165) is 28.3 Å². The van der Waals surface area contributed by atoms with Gasteiger partial charge in [-0.1, -0.05) is 43.4 Å². The van der Waals surface area contributed by atoms with E-state index in [1.165, 1.54) is 43.4 Å². The molecule has 0 saturated heterocycles. The van der Waals surface area contributed by atoms with Crippen LogP contribution < -0.4 is 10.1 Å². The summed E-state index contributed by atoms with van der Waals surface area (Å²) in [4.78, 5) is 16.6. The zero-order valence-electron chi connectivity index (χ0n) is 13.6. The highest BCUT2D eigenvalue weighted by atomic mass is 32.1. The number of rotatable bonds is 6. The molecular weight excluding hydrogens is 308 g/mol. The average Bonchev–Trinajstić information content (AvgIpc) is 2.95. The fourth-order valence-corrected chi connectivity index (χ4v) is 4.12. The summed E-state index contributed by atoms with van der Waals surface area (Å²) < 4.78 is 6.54. The van der Waals surface area contributed by atoms with Crippen molar-refractivity contribution in [1.82, 2.24) is 4.98 Å². The number of carbonyl (C=O) groups is 1. The minimum absolute atomic E-state index is 0.0830. The quantitative estimate of drug-likeness (QED) is 0.810. The van der Waals surface area contributed by atoms with E-state index in [1.54, 1.807) is 0 Å². The molecule has 23 heavy (non-hydrogen) atoms. The Kier molecular flexibility index (Phi) is 5.49. The highest BCUT2D eigenvalue weighted by Gasteiger charge is 2.15. The Labute approximate surface area is 141 Å². The molecule has 124 valence electrons. The lowest BCUT2D eigenvalue weighted by molar-refractivity contribution is -0.116. The molecule has 1 aromatic carbocycles. The van der Waals surface area contributed by atoms with Gasteiger partial charge in [0.25, 0.3) is 0 Å². The Balaban J connectivity index is 1.56. The van der Waals surface area contributed by atoms with E-state index in [1.807, 2.05) is 25.1 Å². The Hall–Kier alpha value is -1.62. The van der Waals surface area contributed by atoms with Crippen LogP contribution in [0.2, 0.25) is 0 Å². The minimum atomic E-state index is 0.0830. The molecule has 1 amide bonds. The van der Waals surface area contributed by atoms with Crippen molar-refractivity contribution in [2.45, 2.75) is 51.9 Å². The van der Waals surface area contributed by atoms with Crippen LogP contribution in [0.5, 0.6) is 5.75 Å². The fourth-order valence-electron chi connectivity index (χ4n) is 3.21. The third-order valence-electron chi connectivity index (χ3n) is 4.42. The number of hydrogen-bond donors (Lipinski definition) is 1. The molecule has 1 saturated carbocycles. The van der Waals surface area contributed by atoms with Crippen molar-refractivity contribution in [1.29, 1.82) is 0 Å². The van der Waals surface area contributed by atoms with Gasteiger partial charge in [-0.15, -0.1) is 0 Å². The molecule has 0 spiro atoms. The summed E-state index contributed by atoms with van der Waals surface area (Å²) in [6.45, 7) is 2.61. The highest BCUT2D eigenvalue weighted by Crippen LogP contribution is 2.30. The molecule has 0 atom stereocenters. The lowest BCUT2D eigenvalue weighted by Crippen LogP contribution is -2.14. The molecule has 1 aromatic heterocycles. The van der Waals surface area contributed by atoms with Crippen LogP contribution in [0.25, 0.3) is 10.2 Å². The van der Waals surface area contributed by atoms with Crippen molar-refractivity contribution < 1.29 is 9.53 Å². The van der Waals surface area contributed by atoms with Gasteiger partial charge in [0.1, 0.15) is 5.75 Å². The van der Waals surface area contributed by atoms with Gasteiger partial charge in [0, 0.05) is 6.42 Å². The summed E-state index contributed by atoms with van der Waals surface area (Å²) in [7, 11) is 0. The number of anilines is 1. The first kappa shape index (κ1) is 16.2. The normalized spacial score (nSPS) is 15.7. The summed E-state index contributed by atoms with van der Waals surface area (Å²) in [5.41, 5.74) is 0.904. The summed E-state index contributed by atoms with van der Waals surface area (Å²) >= 11 is 1.50. The number of benzene rings is 1. The average molecular weight is 332 g/mol. The second-order valence-corrected chi connectivity index (χ2v) is 7.20. The van der Waals surface area contributed by atoms with E-state index in [0.29, 0.717) is 18.2 Å². The van der Waals surface area contributed by atoms with Gasteiger partial charge < -0.3 is 10.1 Å². The second-order valence-electron chi connectivity index (χ2n) is 6.17. The number of ether oxygens (including phenoxy) is 1. The zero-order chi connectivity index (χ0) is 16.1. The summed E-state index contributed by atoms with van der Waals surface area (Å²) in [6, 6.07) is 5.84. The topological polar surface area (TPSA) is 51.2 Å². The van der Waals surface area contributed by atoms with Crippen LogP contribution in [0.1, 0.15) is 51.9 Å². The van der Waals surface area contributed by atoms with Gasteiger partial charge in [0.15, 0.2) is 5.13 Å². The molecule has 1 aliphatic rings. The molecule has 1 fully saturated rings. The van der Waals surface area contributed by atoms with Crippen molar-refractivity contribution in [2.24, 2.45) is 5.92 Å². The third-order valence-corrected chi connectivity index (χ3v) is 5.36. The molecule has 0 unspecified atom stereocenters. The van der Waals surface area contributed by atoms with Crippen LogP contribution in [0, 0.1) is 5.92 Å². The molecule has 0 bridgehead atoms. The van der Waals surface area contributed by atoms with E-state index in [-0.39, 0.29) is 5.91 Å². The van der Waals surface area contributed by atoms with E-state index in [2.05, 4.69) is 10.3 Å². The van der Waals surface area contributed by atoms with Crippen molar-refractivity contribution in [3.8, 4) is 5.75 Å². The molecule has 3 rings (SSSR count). The molecule has 0 aliphatic heterocycles. The lowest BCUT2D eigenvalue weighted by Gasteiger charge is -2.20. The molecule has 2 aromatic rings. The largest absolute Gasteiger partial charge is 0.494 e. The predicted octanol–water partition coefficient (Wildman–Crippen LogP) is 4.99. The molecule has 1 heterocycles. The third kappa shape index (κ3) is 4.44. The molecular formula is C18H24N2O2S. The van der Waals surface area contributed by atoms with E-state index in [4.69, 9.17) is 4.74 Å². The molecule has 0 radical (unpaired) electrons. The second kappa shape index (κ2) is 7.77. The van der Waals surface area contributed by atoms with Crippen LogP contribution >= 0.6 is 11.3 Å². The molecule has 4 nitrogen and oxygen atoms in total. The van der Waals surface area contributed by atoms with Gasteiger partial charge in [-0.25, -0.2) is 4.98 Å². The monoisotopic (exact) mass is 332 g/mol. The van der Waals surface area contributed by atoms with Crippen molar-refractivity contribution in [3.63, 3.8) is 0 Å². The molecule has 1 N–H and O–H groups in total. The fraction of sp³-hybridized carbons (Fsp3) is 0.556. The Bertz CT molecular complexity index is 662. The lowest BCUT2D eigenvalue weighted by atomic mass is 9.86. The molecule has 1 aliphatic carbocycles. The molecule has 5 heteroatoms. The number of fused-ring (bicyclic) bond motifs is 1. The van der Waals surface area contributed by atoms with E-state index in [9.17, 15) is 4.79 Å². The van der Waals surface area contributed by atoms with Crippen molar-refractivity contribution >= 4 is 32.6 Å². The number of carbonyl (C=O) groups excluding carboxylic acids is 1. The number of thiazole rings is 1. The zero-order valence-corrected chi connectivity index (χ0v) is 14.5. The van der Waals surface area contributed by atoms with Crippen LogP contribution in [-0.2, 0) is 4.79 Å². The predicted molar refractivity (Wildman–Crippen MR) is 95.2 cm³/mol. The van der Waals surface area contributed by atoms with Crippen LogP contribution in [-0.4, -0.2) is 17.5 Å². The van der Waals surface area contributed by atoms with Crippen molar-refractivity contribution in [3.05, 3.63) is 18.2 Å². The maximum Gasteiger partial charge on any atom is 0.226 e. The number of nitrogens with one attached hydrogen (secondary N) is 1. The van der Waals surface area contributed by atoms with Gasteiger partial charge in [0.2, 0.25) is 5.91 Å². The summed E-state index contributed by atoms with van der Waals surface area (Å²) in [5.74, 6) is 1.66. The van der Waals surface area contributed by atoms with Gasteiger partial charge >= 0.3 is 0 Å². The van der Waals surface area contributed by atoms with Crippen LogP contribution in [0.4, 0.5) is 5.13 Å². The van der Waals surface area contributed by atoms with Gasteiger partial charge in [-0.05, 0) is 37.5 Å². The standard InChI is InChI=1S/C18H24N2O2S/c1-2-22-14-9-10-15-16(12-14)23-18(19-15)20-17(21)11-8-13-6-4-3-5-7-13/h9-10,12-13H,2-8,11H2,1H3,(H,19,20,21). The van der Waals surface area contributed by atoms with Gasteiger partial charge in [-0.2, -0.15) is 0 Å². The Morgan fingerprint density at radius 3 is 2.96 bits per heavy atom. The first-order chi connectivity index (χ1) is 11.2. The van der Waals surface area contributed by atoms with Crippen LogP contribution in [0.15, 0.2) is 18.2 Å².